The molecule has 1 aliphatic carbocycles. The third-order valence-electron chi connectivity index (χ3n) is 1.52. The van der Waals surface area contributed by atoms with Gasteiger partial charge in [0.15, 0.2) is 0 Å². The van der Waals surface area contributed by atoms with Crippen LogP contribution in [-0.2, 0) is 0 Å². The molecule has 0 aromatic heterocycles. The predicted octanol–water partition coefficient (Wildman–Crippen LogP) is 3.41. The van der Waals surface area contributed by atoms with Crippen LogP contribution in [0, 0.1) is 23.0 Å². The van der Waals surface area contributed by atoms with Gasteiger partial charge in [-0.05, 0) is 73.1 Å². The lowest BCUT2D eigenvalue weighted by molar-refractivity contribution is 0.273. The molecule has 5 heteroatoms. The van der Waals surface area contributed by atoms with E-state index in [1.54, 1.807) is 11.4 Å². The van der Waals surface area contributed by atoms with Crippen LogP contribution in [0.4, 0.5) is 0 Å². The molecule has 0 amide bonds. The first kappa shape index (κ1) is 10.8. The van der Waals surface area contributed by atoms with Gasteiger partial charge in [0, 0.05) is 12.5 Å². The number of hydrogen-bond acceptors (Lipinski definition) is 2. The highest BCUT2D eigenvalue weighted by molar-refractivity contribution is 14.3. The molecule has 0 aromatic carbocycles. The van der Waals surface area contributed by atoms with Crippen molar-refractivity contribution in [3.8, 4) is 11.2 Å². The third-order valence-corrected chi connectivity index (χ3v) is 6.10. The van der Waals surface area contributed by atoms with E-state index >= 15 is 0 Å². The second-order valence-electron chi connectivity index (χ2n) is 2.32. The molecule has 1 aliphatic rings. The molecule has 0 radical (unpaired) electrons. The summed E-state index contributed by atoms with van der Waals surface area (Å²) in [6.45, 7) is 0.313. The third kappa shape index (κ3) is 4.51. The molecular formula is C6H7I2OPS. The van der Waals surface area contributed by atoms with Crippen LogP contribution in [0.1, 0.15) is 6.42 Å². The van der Waals surface area contributed by atoms with E-state index in [-0.39, 0.29) is 2.41 Å². The van der Waals surface area contributed by atoms with Gasteiger partial charge in [0.1, 0.15) is 0 Å². The highest BCUT2D eigenvalue weighted by Crippen LogP contribution is 2.64. The molecule has 0 spiro atoms. The number of halogens is 2. The Bertz CT molecular complexity index is 189. The van der Waals surface area contributed by atoms with Crippen LogP contribution in [0.5, 0.6) is 0 Å². The van der Waals surface area contributed by atoms with Crippen LogP contribution in [0.3, 0.4) is 0 Å². The zero-order chi connectivity index (χ0) is 8.27. The maximum atomic E-state index is 8.71. The largest absolute Gasteiger partial charge is 0.396 e. The summed E-state index contributed by atoms with van der Waals surface area (Å²) in [5.74, 6) is 4.13. The Morgan fingerprint density at radius 3 is 2.82 bits per heavy atom. The zero-order valence-electron chi connectivity index (χ0n) is 5.63. The highest BCUT2D eigenvalue weighted by atomic mass is 127. The molecule has 1 fully saturated rings. The molecule has 0 unspecified atom stereocenters. The van der Waals surface area contributed by atoms with Crippen LogP contribution >= 0.6 is 57.9 Å². The Labute approximate surface area is 97.9 Å². The van der Waals surface area contributed by atoms with Crippen molar-refractivity contribution in [2.75, 3.05) is 6.61 Å². The average Bonchev–Trinajstić information content (AvgIpc) is 2.66. The number of aliphatic hydroxyl groups excluding tert-OH is 1. The van der Waals surface area contributed by atoms with Crippen LogP contribution in [0.2, 0.25) is 0 Å². The fourth-order valence-corrected chi connectivity index (χ4v) is 3.17. The molecule has 11 heavy (non-hydrogen) atoms. The molecule has 0 heterocycles. The monoisotopic (exact) mass is 412 g/mol. The van der Waals surface area contributed by atoms with E-state index in [0.29, 0.717) is 18.4 Å². The average molecular weight is 412 g/mol. The molecular weight excluding hydrogens is 405 g/mol. The first-order chi connectivity index (χ1) is 5.24. The molecule has 0 bridgehead atoms. The van der Waals surface area contributed by atoms with E-state index in [9.17, 15) is 0 Å². The first-order valence-electron chi connectivity index (χ1n) is 3.14. The normalized spacial score (nSPS) is 28.0. The zero-order valence-corrected chi connectivity index (χ0v) is 11.7. The highest BCUT2D eigenvalue weighted by Gasteiger charge is 2.34. The summed E-state index contributed by atoms with van der Waals surface area (Å²) in [6.07, 6.45) is 1.10. The number of rotatable bonds is 2. The lowest BCUT2D eigenvalue weighted by Crippen LogP contribution is -1.85. The quantitative estimate of drug-likeness (QED) is 0.427. The van der Waals surface area contributed by atoms with Crippen molar-refractivity contribution >= 4 is 57.9 Å². The Morgan fingerprint density at radius 2 is 2.36 bits per heavy atom. The van der Waals surface area contributed by atoms with E-state index in [1.807, 2.05) is 0 Å². The molecule has 2 atom stereocenters. The van der Waals surface area contributed by atoms with Crippen molar-refractivity contribution in [1.29, 1.82) is 0 Å². The van der Waals surface area contributed by atoms with Gasteiger partial charge in [-0.1, -0.05) is 5.92 Å². The van der Waals surface area contributed by atoms with Crippen molar-refractivity contribution < 1.29 is 5.11 Å². The summed E-state index contributed by atoms with van der Waals surface area (Å²) in [7, 11) is 0. The molecule has 1 N–H and O–H groups in total. The SMILES string of the molecule is OC[C@H]1C[C@H]1C#CSP(I)I. The molecule has 1 nitrogen and oxygen atoms in total. The maximum Gasteiger partial charge on any atom is 0.0964 e. The summed E-state index contributed by atoms with van der Waals surface area (Å²) in [5, 5.41) is 11.8. The standard InChI is InChI=1S/C6H7I2OPS/c7-10(8)11-2-1-5-3-6(5)4-9/h5-6,9H,3-4H2/t5-,6-/m1/s1. The lowest BCUT2D eigenvalue weighted by Gasteiger charge is -1.87. The molecule has 62 valence electrons. The second-order valence-corrected chi connectivity index (χ2v) is 20.0. The molecule has 0 saturated heterocycles. The smallest absolute Gasteiger partial charge is 0.0964 e. The Morgan fingerprint density at radius 1 is 1.64 bits per heavy atom. The van der Waals surface area contributed by atoms with Gasteiger partial charge in [-0.2, -0.15) is 0 Å². The molecule has 0 aliphatic heterocycles. The van der Waals surface area contributed by atoms with E-state index in [2.05, 4.69) is 55.3 Å². The van der Waals surface area contributed by atoms with Crippen LogP contribution in [0.25, 0.3) is 0 Å². The van der Waals surface area contributed by atoms with E-state index in [1.165, 1.54) is 0 Å². The topological polar surface area (TPSA) is 20.2 Å². The molecule has 0 aromatic rings. The summed E-state index contributed by atoms with van der Waals surface area (Å²) >= 11 is 6.48. The van der Waals surface area contributed by atoms with Crippen LogP contribution < -0.4 is 0 Å². The fraction of sp³-hybridized carbons (Fsp3) is 0.667. The Balaban J connectivity index is 2.14. The lowest BCUT2D eigenvalue weighted by atomic mass is 10.3. The number of hydrogen-bond donors (Lipinski definition) is 1. The fourth-order valence-electron chi connectivity index (χ4n) is 0.763. The van der Waals surface area contributed by atoms with E-state index in [4.69, 9.17) is 5.11 Å². The van der Waals surface area contributed by atoms with Crippen molar-refractivity contribution in [3.63, 3.8) is 0 Å². The summed E-state index contributed by atoms with van der Waals surface area (Å²) in [5.41, 5.74) is 0. The van der Waals surface area contributed by atoms with Gasteiger partial charge >= 0.3 is 0 Å². The van der Waals surface area contributed by atoms with Crippen LogP contribution in [0.15, 0.2) is 0 Å². The summed E-state index contributed by atoms with van der Waals surface area (Å²) in [6, 6.07) is 0. The van der Waals surface area contributed by atoms with Gasteiger partial charge in [0.05, 0.1) is 2.41 Å². The van der Waals surface area contributed by atoms with E-state index < -0.39 is 0 Å². The van der Waals surface area contributed by atoms with Gasteiger partial charge in [0.25, 0.3) is 0 Å². The van der Waals surface area contributed by atoms with Gasteiger partial charge in [-0.3, -0.25) is 0 Å². The minimum atomic E-state index is -0.00132. The van der Waals surface area contributed by atoms with Crippen molar-refractivity contribution in [3.05, 3.63) is 0 Å². The maximum absolute atomic E-state index is 8.71. The Hall–Kier alpha value is 1.76. The summed E-state index contributed by atoms with van der Waals surface area (Å²) < 4.78 is -0.00132. The van der Waals surface area contributed by atoms with Crippen molar-refractivity contribution in [1.82, 2.24) is 0 Å². The van der Waals surface area contributed by atoms with Gasteiger partial charge < -0.3 is 5.11 Å². The minimum absolute atomic E-state index is 0.00132. The molecule has 1 saturated carbocycles. The minimum Gasteiger partial charge on any atom is -0.396 e. The second kappa shape index (κ2) is 5.48. The number of aliphatic hydroxyl groups is 1. The van der Waals surface area contributed by atoms with Gasteiger partial charge in [0.2, 0.25) is 0 Å². The van der Waals surface area contributed by atoms with Gasteiger partial charge in [-0.15, -0.1) is 0 Å². The van der Waals surface area contributed by atoms with Gasteiger partial charge in [-0.25, -0.2) is 0 Å². The van der Waals surface area contributed by atoms with E-state index in [0.717, 1.165) is 6.42 Å². The molecule has 1 rings (SSSR count). The Kier molecular flexibility index (Phi) is 5.40. The first-order valence-corrected chi connectivity index (χ1v) is 11.5. The predicted molar refractivity (Wildman–Crippen MR) is 69.0 cm³/mol. The van der Waals surface area contributed by atoms with Crippen molar-refractivity contribution in [2.45, 2.75) is 6.42 Å². The van der Waals surface area contributed by atoms with Crippen molar-refractivity contribution in [2.24, 2.45) is 11.8 Å². The van der Waals surface area contributed by atoms with Crippen LogP contribution in [-0.4, -0.2) is 11.7 Å². The summed E-state index contributed by atoms with van der Waals surface area (Å²) in [4.78, 5) is 0.